The second kappa shape index (κ2) is 4.00. The lowest BCUT2D eigenvalue weighted by atomic mass is 9.89. The first-order valence-electron chi connectivity index (χ1n) is 6.28. The Morgan fingerprint density at radius 1 is 1.00 bits per heavy atom. The monoisotopic (exact) mass is 266 g/mol. The summed E-state index contributed by atoms with van der Waals surface area (Å²) in [6, 6.07) is 3.29. The first-order chi connectivity index (χ1) is 9.24. The molecule has 1 aromatic rings. The highest BCUT2D eigenvalue weighted by Crippen LogP contribution is 2.49. The molecule has 0 spiro atoms. The Labute approximate surface area is 109 Å². The Kier molecular flexibility index (Phi) is 2.38. The van der Waals surface area contributed by atoms with E-state index in [0.717, 1.165) is 0 Å². The van der Waals surface area contributed by atoms with Crippen molar-refractivity contribution in [3.63, 3.8) is 0 Å². The number of aromatic hydroxyl groups is 1. The highest BCUT2D eigenvalue weighted by Gasteiger charge is 2.48. The molecule has 3 aliphatic rings. The number of phenols is 1. The number of aliphatic hydroxyl groups is 1. The van der Waals surface area contributed by atoms with E-state index in [4.69, 9.17) is 18.9 Å². The first kappa shape index (κ1) is 11.3. The second-order valence-electron chi connectivity index (χ2n) is 5.07. The maximum absolute atomic E-state index is 10.1. The molecule has 1 aromatic carbocycles. The van der Waals surface area contributed by atoms with Gasteiger partial charge in [0.05, 0.1) is 19.3 Å². The lowest BCUT2D eigenvalue weighted by molar-refractivity contribution is -0.0962. The Morgan fingerprint density at radius 2 is 1.74 bits per heavy atom. The van der Waals surface area contributed by atoms with Gasteiger partial charge in [0.1, 0.15) is 5.75 Å². The van der Waals surface area contributed by atoms with Gasteiger partial charge in [0.15, 0.2) is 17.8 Å². The fourth-order valence-electron chi connectivity index (χ4n) is 3.02. The molecule has 0 aliphatic carbocycles. The zero-order chi connectivity index (χ0) is 13.0. The van der Waals surface area contributed by atoms with Gasteiger partial charge >= 0.3 is 0 Å². The molecule has 2 fully saturated rings. The van der Waals surface area contributed by atoms with E-state index in [1.165, 1.54) is 0 Å². The number of benzene rings is 1. The number of fused-ring (bicyclic) bond motifs is 2. The predicted molar refractivity (Wildman–Crippen MR) is 61.9 cm³/mol. The van der Waals surface area contributed by atoms with E-state index < -0.39 is 6.29 Å². The van der Waals surface area contributed by atoms with E-state index in [9.17, 15) is 10.2 Å². The van der Waals surface area contributed by atoms with Crippen molar-refractivity contribution in [3.8, 4) is 17.2 Å². The summed E-state index contributed by atoms with van der Waals surface area (Å²) in [6.45, 7) is 1.03. The van der Waals surface area contributed by atoms with E-state index in [-0.39, 0.29) is 30.5 Å². The minimum absolute atomic E-state index is 0.0326. The van der Waals surface area contributed by atoms with Crippen LogP contribution in [0.15, 0.2) is 12.1 Å². The third-order valence-corrected chi connectivity index (χ3v) is 4.06. The summed E-state index contributed by atoms with van der Waals surface area (Å²) in [4.78, 5) is 0. The van der Waals surface area contributed by atoms with Gasteiger partial charge in [-0.25, -0.2) is 0 Å². The molecule has 4 atom stereocenters. The van der Waals surface area contributed by atoms with Gasteiger partial charge in [0, 0.05) is 23.5 Å². The Hall–Kier alpha value is -1.50. The van der Waals surface area contributed by atoms with Crippen LogP contribution in [-0.4, -0.2) is 36.5 Å². The summed E-state index contributed by atoms with van der Waals surface area (Å²) in [5.74, 6) is 1.30. The van der Waals surface area contributed by atoms with Crippen molar-refractivity contribution in [1.82, 2.24) is 0 Å². The molecule has 0 amide bonds. The molecule has 19 heavy (non-hydrogen) atoms. The third-order valence-electron chi connectivity index (χ3n) is 4.06. The van der Waals surface area contributed by atoms with Crippen molar-refractivity contribution in [2.24, 2.45) is 11.8 Å². The number of phenolic OH excluding ortho intramolecular Hbond substituents is 1. The largest absolute Gasteiger partial charge is 0.507 e. The Morgan fingerprint density at radius 3 is 2.58 bits per heavy atom. The maximum atomic E-state index is 10.1. The SMILES string of the molecule is Oc1cc2c(cc1C1OCC3C(O)OCC13)OCO2. The van der Waals surface area contributed by atoms with Gasteiger partial charge in [-0.1, -0.05) is 0 Å². The number of rotatable bonds is 1. The lowest BCUT2D eigenvalue weighted by Crippen LogP contribution is -2.19. The van der Waals surface area contributed by atoms with Crippen molar-refractivity contribution in [2.45, 2.75) is 12.4 Å². The smallest absolute Gasteiger partial charge is 0.231 e. The quantitative estimate of drug-likeness (QED) is 0.782. The normalized spacial score (nSPS) is 35.6. The fourth-order valence-corrected chi connectivity index (χ4v) is 3.02. The topological polar surface area (TPSA) is 77.4 Å². The van der Waals surface area contributed by atoms with Crippen LogP contribution in [0, 0.1) is 11.8 Å². The van der Waals surface area contributed by atoms with Gasteiger partial charge in [-0.05, 0) is 6.07 Å². The number of hydrogen-bond acceptors (Lipinski definition) is 6. The van der Waals surface area contributed by atoms with E-state index in [1.807, 2.05) is 0 Å². The van der Waals surface area contributed by atoms with Gasteiger partial charge in [-0.2, -0.15) is 0 Å². The molecule has 4 unspecified atom stereocenters. The summed E-state index contributed by atoms with van der Waals surface area (Å²) in [5.41, 5.74) is 0.662. The molecule has 2 N–H and O–H groups in total. The fraction of sp³-hybridized carbons (Fsp3) is 0.538. The van der Waals surface area contributed by atoms with Crippen molar-refractivity contribution in [2.75, 3.05) is 20.0 Å². The van der Waals surface area contributed by atoms with E-state index in [2.05, 4.69) is 0 Å². The molecule has 0 saturated carbocycles. The van der Waals surface area contributed by atoms with Crippen LogP contribution in [-0.2, 0) is 9.47 Å². The molecular formula is C13H14O6. The summed E-state index contributed by atoms with van der Waals surface area (Å²) in [7, 11) is 0. The zero-order valence-electron chi connectivity index (χ0n) is 10.1. The molecule has 6 heteroatoms. The van der Waals surface area contributed by atoms with Crippen LogP contribution in [0.25, 0.3) is 0 Å². The van der Waals surface area contributed by atoms with Crippen LogP contribution in [0.2, 0.25) is 0 Å². The molecule has 0 aromatic heterocycles. The van der Waals surface area contributed by atoms with Crippen molar-refractivity contribution < 1.29 is 29.2 Å². The average molecular weight is 266 g/mol. The molecular weight excluding hydrogens is 252 g/mol. The molecule has 0 bridgehead atoms. The molecule has 0 radical (unpaired) electrons. The minimum Gasteiger partial charge on any atom is -0.507 e. The van der Waals surface area contributed by atoms with E-state index in [0.29, 0.717) is 30.3 Å². The van der Waals surface area contributed by atoms with Crippen LogP contribution >= 0.6 is 0 Å². The van der Waals surface area contributed by atoms with Gasteiger partial charge in [0.2, 0.25) is 6.79 Å². The van der Waals surface area contributed by atoms with E-state index in [1.54, 1.807) is 12.1 Å². The number of ether oxygens (including phenoxy) is 4. The van der Waals surface area contributed by atoms with Crippen LogP contribution in [0.5, 0.6) is 17.2 Å². The average Bonchev–Trinajstić information content (AvgIpc) is 3.06. The van der Waals surface area contributed by atoms with Crippen LogP contribution in [0.3, 0.4) is 0 Å². The Bertz CT molecular complexity index is 516. The van der Waals surface area contributed by atoms with Gasteiger partial charge in [-0.15, -0.1) is 0 Å². The molecule has 4 rings (SSSR count). The minimum atomic E-state index is -0.772. The third kappa shape index (κ3) is 1.60. The zero-order valence-corrected chi connectivity index (χ0v) is 10.1. The lowest BCUT2D eigenvalue weighted by Gasteiger charge is -2.17. The standard InChI is InChI=1S/C13H14O6/c14-9-2-11-10(18-5-19-11)1-6(9)12-7-3-17-13(15)8(7)4-16-12/h1-2,7-8,12-15H,3-5H2. The van der Waals surface area contributed by atoms with Gasteiger partial charge in [0.25, 0.3) is 0 Å². The van der Waals surface area contributed by atoms with Crippen LogP contribution in [0.1, 0.15) is 11.7 Å². The first-order valence-corrected chi connectivity index (χ1v) is 6.28. The van der Waals surface area contributed by atoms with Crippen molar-refractivity contribution in [1.29, 1.82) is 0 Å². The maximum Gasteiger partial charge on any atom is 0.231 e. The van der Waals surface area contributed by atoms with Crippen LogP contribution < -0.4 is 9.47 Å². The number of hydrogen-bond donors (Lipinski definition) is 2. The molecule has 6 nitrogen and oxygen atoms in total. The summed E-state index contributed by atoms with van der Waals surface area (Å²) in [5, 5.41) is 19.8. The highest BCUT2D eigenvalue weighted by molar-refractivity contribution is 5.52. The second-order valence-corrected chi connectivity index (χ2v) is 5.07. The number of aliphatic hydroxyl groups excluding tert-OH is 1. The van der Waals surface area contributed by atoms with Gasteiger partial charge in [-0.3, -0.25) is 0 Å². The summed E-state index contributed by atoms with van der Waals surface area (Å²) >= 11 is 0. The van der Waals surface area contributed by atoms with Gasteiger partial charge < -0.3 is 29.2 Å². The van der Waals surface area contributed by atoms with Crippen molar-refractivity contribution >= 4 is 0 Å². The molecule has 102 valence electrons. The summed E-state index contributed by atoms with van der Waals surface area (Å²) < 4.78 is 21.5. The molecule has 2 saturated heterocycles. The molecule has 3 aliphatic heterocycles. The summed E-state index contributed by atoms with van der Waals surface area (Å²) in [6.07, 6.45) is -1.05. The van der Waals surface area contributed by atoms with Crippen LogP contribution in [0.4, 0.5) is 0 Å². The predicted octanol–water partition coefficient (Wildman–Crippen LogP) is 0.773. The van der Waals surface area contributed by atoms with E-state index >= 15 is 0 Å². The highest BCUT2D eigenvalue weighted by atomic mass is 16.7. The van der Waals surface area contributed by atoms with Crippen molar-refractivity contribution in [3.05, 3.63) is 17.7 Å². The molecule has 3 heterocycles. The Balaban J connectivity index is 1.70.